The van der Waals surface area contributed by atoms with E-state index in [1.807, 2.05) is 0 Å². The van der Waals surface area contributed by atoms with Crippen LogP contribution < -0.4 is 0 Å². The molecule has 0 bridgehead atoms. The Morgan fingerprint density at radius 3 is 2.00 bits per heavy atom. The monoisotopic (exact) mass is 380 g/mol. The van der Waals surface area contributed by atoms with Crippen molar-refractivity contribution in [1.82, 2.24) is 0 Å². The van der Waals surface area contributed by atoms with Gasteiger partial charge in [0, 0.05) is 6.42 Å². The summed E-state index contributed by atoms with van der Waals surface area (Å²) in [6, 6.07) is 0. The van der Waals surface area contributed by atoms with Crippen molar-refractivity contribution >= 4 is 22.7 Å². The van der Waals surface area contributed by atoms with E-state index in [0.717, 1.165) is 37.4 Å². The van der Waals surface area contributed by atoms with Gasteiger partial charge in [-0.3, -0.25) is 9.59 Å². The SMILES string of the molecule is CCCCCCCCC=CCCCCCCCC(=O)C1=C(O)CSC1=O. The molecule has 0 aromatic carbocycles. The summed E-state index contributed by atoms with van der Waals surface area (Å²) < 4.78 is 0. The first kappa shape index (κ1) is 23.0. The minimum atomic E-state index is -0.264. The maximum Gasteiger partial charge on any atom is 0.226 e. The molecule has 0 fully saturated rings. The number of Topliss-reactive ketones (excluding diaryl/α,β-unsaturated/α-hetero) is 1. The molecule has 0 radical (unpaired) electrons. The summed E-state index contributed by atoms with van der Waals surface area (Å²) in [5.41, 5.74) is 0.0468. The number of thioether (sulfide) groups is 1. The topological polar surface area (TPSA) is 54.4 Å². The molecule has 1 heterocycles. The van der Waals surface area contributed by atoms with E-state index in [9.17, 15) is 14.7 Å². The first-order chi connectivity index (χ1) is 12.7. The summed E-state index contributed by atoms with van der Waals surface area (Å²) in [5.74, 6) is 0.0413. The maximum atomic E-state index is 11.9. The Hall–Kier alpha value is -1.03. The molecule has 0 saturated carbocycles. The van der Waals surface area contributed by atoms with Gasteiger partial charge in [-0.15, -0.1) is 0 Å². The molecule has 0 aromatic heterocycles. The van der Waals surface area contributed by atoms with Crippen LogP contribution in [-0.2, 0) is 9.59 Å². The minimum absolute atomic E-state index is 0.0299. The van der Waals surface area contributed by atoms with E-state index in [1.165, 1.54) is 57.8 Å². The van der Waals surface area contributed by atoms with E-state index in [2.05, 4.69) is 19.1 Å². The number of hydrogen-bond acceptors (Lipinski definition) is 4. The van der Waals surface area contributed by atoms with Gasteiger partial charge in [0.05, 0.1) is 5.75 Å². The molecule has 0 aromatic rings. The van der Waals surface area contributed by atoms with Crippen LogP contribution in [0.2, 0.25) is 0 Å². The molecule has 1 aliphatic heterocycles. The lowest BCUT2D eigenvalue weighted by atomic mass is 10.0. The smallest absolute Gasteiger partial charge is 0.226 e. The minimum Gasteiger partial charge on any atom is -0.510 e. The summed E-state index contributed by atoms with van der Waals surface area (Å²) in [6.07, 6.45) is 20.9. The molecule has 0 saturated heterocycles. The van der Waals surface area contributed by atoms with Crippen LogP contribution in [0.3, 0.4) is 0 Å². The summed E-state index contributed by atoms with van der Waals surface area (Å²) in [5, 5.41) is 9.30. The van der Waals surface area contributed by atoms with Crippen molar-refractivity contribution in [3.05, 3.63) is 23.5 Å². The fraction of sp³-hybridized carbons (Fsp3) is 0.727. The van der Waals surface area contributed by atoms with Gasteiger partial charge >= 0.3 is 0 Å². The molecular weight excluding hydrogens is 344 g/mol. The van der Waals surface area contributed by atoms with Gasteiger partial charge in [0.15, 0.2) is 5.78 Å². The van der Waals surface area contributed by atoms with Gasteiger partial charge in [0.2, 0.25) is 5.12 Å². The van der Waals surface area contributed by atoms with Gasteiger partial charge in [-0.25, -0.2) is 0 Å². The Labute approximate surface area is 163 Å². The van der Waals surface area contributed by atoms with E-state index < -0.39 is 0 Å². The van der Waals surface area contributed by atoms with Gasteiger partial charge in [-0.2, -0.15) is 0 Å². The van der Waals surface area contributed by atoms with Gasteiger partial charge < -0.3 is 5.11 Å². The second-order valence-corrected chi connectivity index (χ2v) is 8.10. The molecule has 1 N–H and O–H groups in total. The predicted octanol–water partition coefficient (Wildman–Crippen LogP) is 6.68. The number of allylic oxidation sites excluding steroid dienone is 2. The Kier molecular flexibility index (Phi) is 13.3. The quantitative estimate of drug-likeness (QED) is 0.184. The summed E-state index contributed by atoms with van der Waals surface area (Å²) >= 11 is 1.02. The molecule has 0 atom stereocenters. The number of aliphatic hydroxyl groups excluding tert-OH is 1. The van der Waals surface area contributed by atoms with Crippen molar-refractivity contribution in [2.24, 2.45) is 0 Å². The maximum absolute atomic E-state index is 11.9. The Morgan fingerprint density at radius 1 is 0.923 bits per heavy atom. The number of ketones is 1. The fourth-order valence-corrected chi connectivity index (χ4v) is 3.94. The number of aliphatic hydroxyl groups is 1. The highest BCUT2D eigenvalue weighted by Crippen LogP contribution is 2.26. The van der Waals surface area contributed by atoms with Crippen LogP contribution >= 0.6 is 11.8 Å². The predicted molar refractivity (Wildman–Crippen MR) is 112 cm³/mol. The van der Waals surface area contributed by atoms with Crippen LogP contribution in [0.5, 0.6) is 0 Å². The first-order valence-corrected chi connectivity index (χ1v) is 11.4. The lowest BCUT2D eigenvalue weighted by Crippen LogP contribution is -2.08. The van der Waals surface area contributed by atoms with Gasteiger partial charge in [-0.05, 0) is 32.1 Å². The highest BCUT2D eigenvalue weighted by atomic mass is 32.2. The van der Waals surface area contributed by atoms with Crippen LogP contribution in [0.1, 0.15) is 96.8 Å². The van der Waals surface area contributed by atoms with Crippen LogP contribution in [0.4, 0.5) is 0 Å². The zero-order valence-corrected chi connectivity index (χ0v) is 17.2. The van der Waals surface area contributed by atoms with E-state index in [4.69, 9.17) is 0 Å². The van der Waals surface area contributed by atoms with E-state index in [1.54, 1.807) is 0 Å². The zero-order valence-electron chi connectivity index (χ0n) is 16.4. The van der Waals surface area contributed by atoms with E-state index in [-0.39, 0.29) is 28.0 Å². The number of rotatable bonds is 16. The Morgan fingerprint density at radius 2 is 1.46 bits per heavy atom. The normalized spacial score (nSPS) is 14.7. The molecule has 3 nitrogen and oxygen atoms in total. The number of carbonyl (C=O) groups excluding carboxylic acids is 2. The second kappa shape index (κ2) is 15.1. The van der Waals surface area contributed by atoms with Gasteiger partial charge in [-0.1, -0.05) is 82.2 Å². The Balaban J connectivity index is 1.89. The summed E-state index contributed by atoms with van der Waals surface area (Å²) in [7, 11) is 0. The molecule has 1 aliphatic rings. The van der Waals surface area contributed by atoms with Gasteiger partial charge in [0.25, 0.3) is 0 Å². The third kappa shape index (κ3) is 10.2. The van der Waals surface area contributed by atoms with Crippen LogP contribution in [0, 0.1) is 0 Å². The molecule has 148 valence electrons. The van der Waals surface area contributed by atoms with E-state index in [0.29, 0.717) is 6.42 Å². The summed E-state index contributed by atoms with van der Waals surface area (Å²) in [4.78, 5) is 23.4. The van der Waals surface area contributed by atoms with Crippen LogP contribution in [0.25, 0.3) is 0 Å². The number of hydrogen-bond donors (Lipinski definition) is 1. The average molecular weight is 381 g/mol. The Bertz CT molecular complexity index is 480. The third-order valence-electron chi connectivity index (χ3n) is 4.78. The zero-order chi connectivity index (χ0) is 19.0. The molecule has 0 amide bonds. The van der Waals surface area contributed by atoms with Crippen molar-refractivity contribution in [2.45, 2.75) is 96.8 Å². The van der Waals surface area contributed by atoms with E-state index >= 15 is 0 Å². The van der Waals surface area contributed by atoms with Crippen LogP contribution in [-0.4, -0.2) is 21.8 Å². The van der Waals surface area contributed by atoms with Crippen molar-refractivity contribution in [2.75, 3.05) is 5.75 Å². The van der Waals surface area contributed by atoms with Crippen molar-refractivity contribution in [1.29, 1.82) is 0 Å². The van der Waals surface area contributed by atoms with Crippen molar-refractivity contribution < 1.29 is 14.7 Å². The summed E-state index contributed by atoms with van der Waals surface area (Å²) in [6.45, 7) is 2.25. The van der Waals surface area contributed by atoms with Crippen LogP contribution in [0.15, 0.2) is 23.5 Å². The van der Waals surface area contributed by atoms with Gasteiger partial charge in [0.1, 0.15) is 11.3 Å². The number of carbonyl (C=O) groups is 2. The average Bonchev–Trinajstić information content (AvgIpc) is 2.96. The number of unbranched alkanes of at least 4 members (excludes halogenated alkanes) is 11. The molecule has 0 unspecified atom stereocenters. The second-order valence-electron chi connectivity index (χ2n) is 7.16. The van der Waals surface area contributed by atoms with Crippen molar-refractivity contribution in [3.8, 4) is 0 Å². The molecular formula is C22H36O3S. The largest absolute Gasteiger partial charge is 0.510 e. The standard InChI is InChI=1S/C22H36O3S/c1-2-3-4-5-6-7-8-9-10-11-12-13-14-15-16-17-19(23)21-20(24)18-26-22(21)25/h9-10,24H,2-8,11-18H2,1H3. The van der Waals surface area contributed by atoms with Crippen molar-refractivity contribution in [3.63, 3.8) is 0 Å². The first-order valence-electron chi connectivity index (χ1n) is 10.4. The molecule has 0 aliphatic carbocycles. The fourth-order valence-electron chi connectivity index (χ4n) is 3.15. The third-order valence-corrected chi connectivity index (χ3v) is 5.66. The highest BCUT2D eigenvalue weighted by Gasteiger charge is 2.28. The molecule has 1 rings (SSSR count). The highest BCUT2D eigenvalue weighted by molar-refractivity contribution is 8.14. The lowest BCUT2D eigenvalue weighted by molar-refractivity contribution is -0.118. The molecule has 4 heteroatoms. The molecule has 26 heavy (non-hydrogen) atoms. The lowest BCUT2D eigenvalue weighted by Gasteiger charge is -2.02. The molecule has 0 spiro atoms.